The van der Waals surface area contributed by atoms with Crippen LogP contribution in [0.4, 0.5) is 0 Å². The normalized spacial score (nSPS) is 32.1. The van der Waals surface area contributed by atoms with E-state index >= 15 is 0 Å². The summed E-state index contributed by atoms with van der Waals surface area (Å²) in [6, 6.07) is 0. The SMILES string of the molecule is CC(=O)OCC1O[C@H](O)C(O)[C@@H](OC(C)=O)[C@H]1OC(C)=O. The summed E-state index contributed by atoms with van der Waals surface area (Å²) in [6.07, 6.45) is -6.92. The van der Waals surface area contributed by atoms with Crippen molar-refractivity contribution in [3.8, 4) is 0 Å². The van der Waals surface area contributed by atoms with Crippen molar-refractivity contribution in [1.82, 2.24) is 0 Å². The first-order chi connectivity index (χ1) is 9.72. The predicted molar refractivity (Wildman–Crippen MR) is 64.6 cm³/mol. The van der Waals surface area contributed by atoms with Crippen LogP contribution in [0.5, 0.6) is 0 Å². The fourth-order valence-electron chi connectivity index (χ4n) is 1.90. The third kappa shape index (κ3) is 4.96. The Morgan fingerprint density at radius 1 is 0.952 bits per heavy atom. The van der Waals surface area contributed by atoms with Crippen LogP contribution in [0.3, 0.4) is 0 Å². The summed E-state index contributed by atoms with van der Waals surface area (Å²) in [5.74, 6) is -2.06. The first kappa shape index (κ1) is 17.3. The predicted octanol–water partition coefficient (Wildman–Crippen LogP) is -1.51. The van der Waals surface area contributed by atoms with Gasteiger partial charge in [0.05, 0.1) is 0 Å². The average molecular weight is 306 g/mol. The monoisotopic (exact) mass is 306 g/mol. The van der Waals surface area contributed by atoms with Crippen LogP contribution in [0.2, 0.25) is 0 Å². The molecule has 0 saturated carbocycles. The zero-order chi connectivity index (χ0) is 16.2. The molecule has 0 aromatic rings. The smallest absolute Gasteiger partial charge is 0.303 e. The number of ether oxygens (including phenoxy) is 4. The number of carbonyl (C=O) groups excluding carboxylic acids is 3. The number of hydrogen-bond donors (Lipinski definition) is 2. The van der Waals surface area contributed by atoms with Gasteiger partial charge in [0.15, 0.2) is 18.5 Å². The highest BCUT2D eigenvalue weighted by Crippen LogP contribution is 2.25. The molecule has 1 saturated heterocycles. The van der Waals surface area contributed by atoms with Gasteiger partial charge in [-0.05, 0) is 0 Å². The van der Waals surface area contributed by atoms with Gasteiger partial charge in [-0.1, -0.05) is 0 Å². The first-order valence-electron chi connectivity index (χ1n) is 6.21. The van der Waals surface area contributed by atoms with Gasteiger partial charge in [0, 0.05) is 20.8 Å². The Bertz CT molecular complexity index is 408. The van der Waals surface area contributed by atoms with E-state index in [1.54, 1.807) is 0 Å². The zero-order valence-electron chi connectivity index (χ0n) is 11.8. The molecule has 2 unspecified atom stereocenters. The van der Waals surface area contributed by atoms with Gasteiger partial charge in [0.25, 0.3) is 0 Å². The van der Waals surface area contributed by atoms with Gasteiger partial charge in [-0.2, -0.15) is 0 Å². The molecule has 0 bridgehead atoms. The van der Waals surface area contributed by atoms with E-state index in [-0.39, 0.29) is 6.61 Å². The minimum Gasteiger partial charge on any atom is -0.463 e. The molecule has 120 valence electrons. The molecule has 1 aliphatic heterocycles. The van der Waals surface area contributed by atoms with E-state index in [0.29, 0.717) is 0 Å². The lowest BCUT2D eigenvalue weighted by Crippen LogP contribution is -2.61. The van der Waals surface area contributed by atoms with E-state index in [9.17, 15) is 24.6 Å². The summed E-state index contributed by atoms with van der Waals surface area (Å²) in [7, 11) is 0. The Labute approximate surface area is 120 Å². The van der Waals surface area contributed by atoms with Gasteiger partial charge in [-0.15, -0.1) is 0 Å². The molecule has 0 aromatic heterocycles. The number of aliphatic hydroxyl groups is 2. The molecular weight excluding hydrogens is 288 g/mol. The van der Waals surface area contributed by atoms with Gasteiger partial charge >= 0.3 is 17.9 Å². The molecule has 5 atom stereocenters. The highest BCUT2D eigenvalue weighted by molar-refractivity contribution is 5.67. The molecule has 0 spiro atoms. The van der Waals surface area contributed by atoms with Crippen LogP contribution in [0.1, 0.15) is 20.8 Å². The van der Waals surface area contributed by atoms with Crippen LogP contribution < -0.4 is 0 Å². The number of rotatable bonds is 4. The Balaban J connectivity index is 2.94. The van der Waals surface area contributed by atoms with Crippen molar-refractivity contribution < 1.29 is 43.5 Å². The van der Waals surface area contributed by atoms with Crippen molar-refractivity contribution in [2.45, 2.75) is 51.5 Å². The second-order valence-electron chi connectivity index (χ2n) is 4.51. The van der Waals surface area contributed by atoms with Crippen LogP contribution in [-0.4, -0.2) is 65.4 Å². The van der Waals surface area contributed by atoms with E-state index in [2.05, 4.69) is 0 Å². The van der Waals surface area contributed by atoms with E-state index in [1.807, 2.05) is 0 Å². The summed E-state index contributed by atoms with van der Waals surface area (Å²) in [4.78, 5) is 33.1. The third-order valence-electron chi connectivity index (χ3n) is 2.69. The molecule has 9 heteroatoms. The molecule has 1 rings (SSSR count). The summed E-state index contributed by atoms with van der Waals surface area (Å²) in [6.45, 7) is 3.04. The van der Waals surface area contributed by atoms with Gasteiger partial charge in [-0.25, -0.2) is 0 Å². The molecular formula is C12H18O9. The Kier molecular flexibility index (Phi) is 6.06. The molecule has 0 amide bonds. The van der Waals surface area contributed by atoms with Crippen molar-refractivity contribution >= 4 is 17.9 Å². The number of carbonyl (C=O) groups is 3. The molecule has 2 N–H and O–H groups in total. The highest BCUT2D eigenvalue weighted by Gasteiger charge is 2.49. The Morgan fingerprint density at radius 3 is 1.95 bits per heavy atom. The lowest BCUT2D eigenvalue weighted by molar-refractivity contribution is -0.293. The van der Waals surface area contributed by atoms with Crippen molar-refractivity contribution in [2.75, 3.05) is 6.61 Å². The van der Waals surface area contributed by atoms with Crippen LogP contribution >= 0.6 is 0 Å². The molecule has 9 nitrogen and oxygen atoms in total. The Hall–Kier alpha value is -1.71. The van der Waals surface area contributed by atoms with Crippen LogP contribution in [0.15, 0.2) is 0 Å². The number of esters is 3. The second kappa shape index (κ2) is 7.34. The van der Waals surface area contributed by atoms with Gasteiger partial charge in [0.2, 0.25) is 0 Å². The third-order valence-corrected chi connectivity index (χ3v) is 2.69. The van der Waals surface area contributed by atoms with Crippen molar-refractivity contribution in [3.63, 3.8) is 0 Å². The summed E-state index contributed by atoms with van der Waals surface area (Å²) in [5, 5.41) is 19.4. The van der Waals surface area contributed by atoms with Crippen LogP contribution in [0.25, 0.3) is 0 Å². The molecule has 1 fully saturated rings. The average Bonchev–Trinajstić information content (AvgIpc) is 2.35. The number of hydrogen-bond acceptors (Lipinski definition) is 9. The number of aliphatic hydroxyl groups excluding tert-OH is 2. The molecule has 1 aliphatic rings. The minimum absolute atomic E-state index is 0.338. The quantitative estimate of drug-likeness (QED) is 0.470. The topological polar surface area (TPSA) is 129 Å². The maximum atomic E-state index is 11.1. The molecule has 0 aliphatic carbocycles. The van der Waals surface area contributed by atoms with Crippen LogP contribution in [-0.2, 0) is 33.3 Å². The van der Waals surface area contributed by atoms with E-state index < -0.39 is 48.6 Å². The van der Waals surface area contributed by atoms with E-state index in [4.69, 9.17) is 18.9 Å². The highest BCUT2D eigenvalue weighted by atomic mass is 16.7. The molecule has 0 radical (unpaired) electrons. The molecule has 0 aromatic carbocycles. The summed E-state index contributed by atoms with van der Waals surface area (Å²) < 4.78 is 19.6. The summed E-state index contributed by atoms with van der Waals surface area (Å²) >= 11 is 0. The fraction of sp³-hybridized carbons (Fsp3) is 0.750. The Morgan fingerprint density at radius 2 is 1.48 bits per heavy atom. The summed E-state index contributed by atoms with van der Waals surface area (Å²) in [5.41, 5.74) is 0. The molecule has 21 heavy (non-hydrogen) atoms. The standard InChI is InChI=1S/C12H18O9/c1-5(13)18-4-8-10(19-6(2)14)11(20-7(3)15)9(16)12(17)21-8/h8-12,16-17H,4H2,1-3H3/t8?,9?,10-,11+,12-/m0/s1. The van der Waals surface area contributed by atoms with Gasteiger partial charge in [0.1, 0.15) is 18.8 Å². The van der Waals surface area contributed by atoms with Gasteiger partial charge < -0.3 is 29.2 Å². The van der Waals surface area contributed by atoms with Gasteiger partial charge in [-0.3, -0.25) is 14.4 Å². The largest absolute Gasteiger partial charge is 0.463 e. The minimum atomic E-state index is -1.68. The maximum absolute atomic E-state index is 11.1. The zero-order valence-corrected chi connectivity index (χ0v) is 11.8. The van der Waals surface area contributed by atoms with E-state index in [0.717, 1.165) is 13.8 Å². The lowest BCUT2D eigenvalue weighted by atomic mass is 9.98. The lowest BCUT2D eigenvalue weighted by Gasteiger charge is -2.41. The van der Waals surface area contributed by atoms with Crippen molar-refractivity contribution in [1.29, 1.82) is 0 Å². The second-order valence-corrected chi connectivity index (χ2v) is 4.51. The molecule has 1 heterocycles. The van der Waals surface area contributed by atoms with Crippen LogP contribution in [0, 0.1) is 0 Å². The van der Waals surface area contributed by atoms with Crippen molar-refractivity contribution in [3.05, 3.63) is 0 Å². The van der Waals surface area contributed by atoms with E-state index in [1.165, 1.54) is 6.92 Å². The fourth-order valence-corrected chi connectivity index (χ4v) is 1.90. The van der Waals surface area contributed by atoms with Crippen molar-refractivity contribution in [2.24, 2.45) is 0 Å². The first-order valence-corrected chi connectivity index (χ1v) is 6.21. The maximum Gasteiger partial charge on any atom is 0.303 e.